The van der Waals surface area contributed by atoms with Gasteiger partial charge in [-0.2, -0.15) is 0 Å². The topological polar surface area (TPSA) is 87.0 Å². The molecule has 0 bridgehead atoms. The van der Waals surface area contributed by atoms with Crippen molar-refractivity contribution in [2.75, 3.05) is 7.11 Å². The second kappa shape index (κ2) is 11.7. The number of ether oxygens (including phenoxy) is 1. The van der Waals surface area contributed by atoms with Crippen LogP contribution in [-0.2, 0) is 4.57 Å². The van der Waals surface area contributed by atoms with E-state index in [4.69, 9.17) is 4.74 Å². The van der Waals surface area contributed by atoms with Gasteiger partial charge in [0.05, 0.1) is 25.0 Å². The minimum Gasteiger partial charge on any atom is -0.497 e. The van der Waals surface area contributed by atoms with Crippen LogP contribution in [0.2, 0.25) is 0 Å². The van der Waals surface area contributed by atoms with Crippen molar-refractivity contribution in [3.63, 3.8) is 0 Å². The van der Waals surface area contributed by atoms with Crippen molar-refractivity contribution in [2.24, 2.45) is 0 Å². The van der Waals surface area contributed by atoms with E-state index in [0.717, 1.165) is 0 Å². The van der Waals surface area contributed by atoms with E-state index in [1.807, 2.05) is 54.6 Å². The van der Waals surface area contributed by atoms with Crippen molar-refractivity contribution in [3.05, 3.63) is 126 Å². The number of benzene rings is 4. The summed E-state index contributed by atoms with van der Waals surface area (Å²) in [6.45, 7) is 0. The summed E-state index contributed by atoms with van der Waals surface area (Å²) in [5, 5.41) is 35.0. The second-order valence-corrected chi connectivity index (χ2v) is 11.8. The van der Waals surface area contributed by atoms with Gasteiger partial charge in [-0.05, 0) is 29.7 Å². The zero-order valence-electron chi connectivity index (χ0n) is 20.1. The summed E-state index contributed by atoms with van der Waals surface area (Å²) in [6, 6.07) is 34.0. The molecule has 0 amide bonds. The van der Waals surface area contributed by atoms with Crippen molar-refractivity contribution in [3.8, 4) is 5.75 Å². The lowest BCUT2D eigenvalue weighted by Crippen LogP contribution is -2.35. The first-order valence-electron chi connectivity index (χ1n) is 11.9. The van der Waals surface area contributed by atoms with Crippen LogP contribution in [0.4, 0.5) is 0 Å². The van der Waals surface area contributed by atoms with Gasteiger partial charge < -0.3 is 24.6 Å². The monoisotopic (exact) mass is 502 g/mol. The predicted octanol–water partition coefficient (Wildman–Crippen LogP) is 4.60. The minimum atomic E-state index is -3.49. The Kier molecular flexibility index (Phi) is 8.40. The first-order valence-corrected chi connectivity index (χ1v) is 13.7. The van der Waals surface area contributed by atoms with E-state index in [-0.39, 0.29) is 6.42 Å². The van der Waals surface area contributed by atoms with Gasteiger partial charge in [0.2, 0.25) is 0 Å². The molecular formula is C30H31O5P. The van der Waals surface area contributed by atoms with Gasteiger partial charge >= 0.3 is 0 Å². The Hall–Kier alpha value is -3.21. The maximum Gasteiger partial charge on any atom is 0.149 e. The highest BCUT2D eigenvalue weighted by Gasteiger charge is 2.43. The number of hydrogen-bond acceptors (Lipinski definition) is 5. The molecule has 0 radical (unpaired) electrons. The van der Waals surface area contributed by atoms with Crippen LogP contribution in [-0.4, -0.2) is 34.2 Å². The van der Waals surface area contributed by atoms with Crippen LogP contribution >= 0.6 is 7.14 Å². The Balaban J connectivity index is 1.79. The number of aliphatic hydroxyl groups excluding tert-OH is 3. The average Bonchev–Trinajstić information content (AvgIpc) is 2.96. The van der Waals surface area contributed by atoms with Crippen molar-refractivity contribution in [1.82, 2.24) is 0 Å². The Bertz CT molecular complexity index is 1220. The summed E-state index contributed by atoms with van der Waals surface area (Å²) in [5.74, 6) is 0.635. The van der Waals surface area contributed by atoms with E-state index in [1.54, 1.807) is 67.8 Å². The molecule has 5 nitrogen and oxygen atoms in total. The first-order chi connectivity index (χ1) is 17.4. The molecule has 3 N–H and O–H groups in total. The average molecular weight is 503 g/mol. The smallest absolute Gasteiger partial charge is 0.149 e. The Morgan fingerprint density at radius 1 is 0.639 bits per heavy atom. The van der Waals surface area contributed by atoms with Crippen LogP contribution in [0, 0.1) is 0 Å². The molecule has 0 aliphatic heterocycles. The van der Waals surface area contributed by atoms with Crippen molar-refractivity contribution in [2.45, 2.75) is 30.4 Å². The molecule has 4 atom stereocenters. The van der Waals surface area contributed by atoms with Crippen molar-refractivity contribution < 1.29 is 24.6 Å². The molecule has 0 fully saturated rings. The molecule has 0 unspecified atom stereocenters. The third kappa shape index (κ3) is 5.45. The van der Waals surface area contributed by atoms with Crippen molar-refractivity contribution >= 4 is 17.8 Å². The third-order valence-corrected chi connectivity index (χ3v) is 10.1. The number of aliphatic hydroxyl groups is 3. The largest absolute Gasteiger partial charge is 0.497 e. The van der Waals surface area contributed by atoms with Gasteiger partial charge in [-0.3, -0.25) is 0 Å². The zero-order chi connectivity index (χ0) is 25.5. The van der Waals surface area contributed by atoms with Crippen LogP contribution in [0.5, 0.6) is 5.75 Å². The van der Waals surface area contributed by atoms with Crippen LogP contribution in [0.15, 0.2) is 115 Å². The summed E-state index contributed by atoms with van der Waals surface area (Å²) in [7, 11) is -1.94. The van der Waals surface area contributed by atoms with Gasteiger partial charge in [0, 0.05) is 10.6 Å². The Labute approximate surface area is 212 Å². The molecule has 0 aliphatic carbocycles. The number of methoxy groups -OCH3 is 1. The van der Waals surface area contributed by atoms with Gasteiger partial charge in [0.1, 0.15) is 19.0 Å². The number of hydrogen-bond donors (Lipinski definition) is 3. The lowest BCUT2D eigenvalue weighted by molar-refractivity contribution is 0.00531. The van der Waals surface area contributed by atoms with Crippen LogP contribution < -0.4 is 15.3 Å². The Morgan fingerprint density at radius 3 is 1.56 bits per heavy atom. The van der Waals surface area contributed by atoms with E-state index < -0.39 is 31.1 Å². The normalized spacial score (nSPS) is 15.0. The van der Waals surface area contributed by atoms with Gasteiger partial charge in [-0.15, -0.1) is 0 Å². The molecule has 6 heteroatoms. The van der Waals surface area contributed by atoms with E-state index in [9.17, 15) is 15.3 Å². The van der Waals surface area contributed by atoms with Gasteiger partial charge in [-0.1, -0.05) is 103 Å². The molecule has 4 aromatic rings. The maximum atomic E-state index is 15.1. The van der Waals surface area contributed by atoms with E-state index in [2.05, 4.69) is 0 Å². The lowest BCUT2D eigenvalue weighted by Gasteiger charge is -2.34. The summed E-state index contributed by atoms with van der Waals surface area (Å²) >= 11 is 0. The van der Waals surface area contributed by atoms with Crippen LogP contribution in [0.1, 0.15) is 29.8 Å². The molecule has 4 rings (SSSR count). The predicted molar refractivity (Wildman–Crippen MR) is 144 cm³/mol. The highest BCUT2D eigenvalue weighted by Crippen LogP contribution is 2.55. The minimum absolute atomic E-state index is 0.0929. The summed E-state index contributed by atoms with van der Waals surface area (Å²) < 4.78 is 20.3. The molecule has 0 aliphatic rings. The van der Waals surface area contributed by atoms with Crippen LogP contribution in [0.25, 0.3) is 0 Å². The molecule has 36 heavy (non-hydrogen) atoms. The molecule has 186 valence electrons. The summed E-state index contributed by atoms with van der Waals surface area (Å²) in [6.07, 6.45) is -3.75. The third-order valence-electron chi connectivity index (χ3n) is 6.56. The maximum absolute atomic E-state index is 15.1. The second-order valence-electron chi connectivity index (χ2n) is 8.77. The van der Waals surface area contributed by atoms with E-state index in [0.29, 0.717) is 27.5 Å². The number of rotatable bonds is 10. The molecule has 0 saturated carbocycles. The van der Waals surface area contributed by atoms with Gasteiger partial charge in [-0.25, -0.2) is 0 Å². The molecular weight excluding hydrogens is 471 g/mol. The standard InChI is InChI=1S/C30H31O5P/c1-35-24-19-17-23(18-20-24)29(32)27(31)21-28(30(33)22-11-5-2-6-12-22)36(34,25-13-7-3-8-14-25)26-15-9-4-10-16-26/h2-20,27-33H,21H2,1H3/t27-,28-,29-,30-/m0/s1. The van der Waals surface area contributed by atoms with Gasteiger partial charge in [0.25, 0.3) is 0 Å². The molecule has 0 aromatic heterocycles. The SMILES string of the molecule is COc1ccc([C@H](O)[C@@H](O)C[C@@H]([C@@H](O)c2ccccc2)P(=O)(c2ccccc2)c2ccccc2)cc1. The summed E-state index contributed by atoms with van der Waals surface area (Å²) in [5.41, 5.74) is 0.207. The fraction of sp³-hybridized carbons (Fsp3) is 0.200. The zero-order valence-corrected chi connectivity index (χ0v) is 21.0. The first kappa shape index (κ1) is 25.9. The highest BCUT2D eigenvalue weighted by atomic mass is 31.2. The van der Waals surface area contributed by atoms with Crippen molar-refractivity contribution in [1.29, 1.82) is 0 Å². The fourth-order valence-electron chi connectivity index (χ4n) is 4.58. The van der Waals surface area contributed by atoms with Gasteiger partial charge in [0.15, 0.2) is 0 Å². The molecule has 0 spiro atoms. The molecule has 4 aromatic carbocycles. The Morgan fingerprint density at radius 2 is 1.08 bits per heavy atom. The van der Waals surface area contributed by atoms with E-state index in [1.165, 1.54) is 0 Å². The quantitative estimate of drug-likeness (QED) is 0.276. The highest BCUT2D eigenvalue weighted by molar-refractivity contribution is 7.79. The molecule has 0 heterocycles. The fourth-order valence-corrected chi connectivity index (χ4v) is 7.96. The van der Waals surface area contributed by atoms with Crippen LogP contribution in [0.3, 0.4) is 0 Å². The molecule has 0 saturated heterocycles. The lowest BCUT2D eigenvalue weighted by atomic mass is 9.96. The summed E-state index contributed by atoms with van der Waals surface area (Å²) in [4.78, 5) is 0. The van der Waals surface area contributed by atoms with E-state index >= 15 is 4.57 Å².